The van der Waals surface area contributed by atoms with Crippen LogP contribution >= 0.6 is 0 Å². The number of nitrogens with zero attached hydrogens (tertiary/aromatic N) is 5. The van der Waals surface area contributed by atoms with Crippen molar-refractivity contribution in [2.45, 2.75) is 89.2 Å². The van der Waals surface area contributed by atoms with E-state index in [4.69, 9.17) is 14.2 Å². The van der Waals surface area contributed by atoms with E-state index in [1.54, 1.807) is 71.0 Å². The summed E-state index contributed by atoms with van der Waals surface area (Å²) in [7, 11) is 4.91. The fourth-order valence-corrected chi connectivity index (χ4v) is 5.58. The van der Waals surface area contributed by atoms with Gasteiger partial charge in [-0.15, -0.1) is 0 Å². The monoisotopic (exact) mass is 595 g/mol. The first-order valence-electron chi connectivity index (χ1n) is 14.7. The molecule has 2 saturated carbocycles. The number of nitrogens with one attached hydrogen (secondary N) is 2. The Morgan fingerprint density at radius 1 is 1.09 bits per heavy atom. The minimum atomic E-state index is -0.730. The van der Waals surface area contributed by atoms with Crippen LogP contribution in [0.5, 0.6) is 0 Å². The molecular formula is C30H41N7O6. The van der Waals surface area contributed by atoms with Gasteiger partial charge in [-0.25, -0.2) is 9.78 Å². The lowest BCUT2D eigenvalue weighted by atomic mass is 9.89. The summed E-state index contributed by atoms with van der Waals surface area (Å²) in [6.45, 7) is 5.34. The van der Waals surface area contributed by atoms with Gasteiger partial charge in [0.2, 0.25) is 0 Å². The normalized spacial score (nSPS) is 22.1. The van der Waals surface area contributed by atoms with Crippen molar-refractivity contribution in [1.29, 1.82) is 0 Å². The molecule has 5 rings (SSSR count). The average Bonchev–Trinajstić information content (AvgIpc) is 3.37. The molecule has 13 nitrogen and oxygen atoms in total. The van der Waals surface area contributed by atoms with Crippen molar-refractivity contribution in [3.63, 3.8) is 0 Å². The van der Waals surface area contributed by atoms with Crippen LogP contribution in [0.4, 0.5) is 22.1 Å². The third-order valence-electron chi connectivity index (χ3n) is 8.04. The summed E-state index contributed by atoms with van der Waals surface area (Å²) in [5, 5.41) is 10.6. The van der Waals surface area contributed by atoms with Crippen LogP contribution in [0.15, 0.2) is 35.4 Å². The molecule has 2 atom stereocenters. The van der Waals surface area contributed by atoms with Crippen molar-refractivity contribution in [3.8, 4) is 0 Å². The third-order valence-corrected chi connectivity index (χ3v) is 8.04. The number of anilines is 3. The van der Waals surface area contributed by atoms with E-state index in [0.29, 0.717) is 11.5 Å². The van der Waals surface area contributed by atoms with Crippen LogP contribution in [-0.4, -0.2) is 76.3 Å². The number of methoxy groups -OCH3 is 2. The number of fused-ring (bicyclic) bond motifs is 1. The topological polar surface area (TPSA) is 141 Å². The maximum absolute atomic E-state index is 13.5. The summed E-state index contributed by atoms with van der Waals surface area (Å²) in [6.07, 6.45) is 7.84. The molecule has 2 N–H and O–H groups in total. The fraction of sp³-hybridized carbons (Fsp3) is 0.567. The van der Waals surface area contributed by atoms with Gasteiger partial charge in [-0.1, -0.05) is 0 Å². The van der Waals surface area contributed by atoms with Gasteiger partial charge in [0.1, 0.15) is 28.5 Å². The number of carbonyl (C=O) groups is 2. The fourth-order valence-electron chi connectivity index (χ4n) is 5.58. The molecule has 0 radical (unpaired) electrons. The molecule has 3 aromatic rings. The second kappa shape index (κ2) is 12.3. The lowest BCUT2D eigenvalue weighted by Gasteiger charge is -2.35. The molecule has 1 unspecified atom stereocenters. The summed E-state index contributed by atoms with van der Waals surface area (Å²) in [6, 6.07) is 5.07. The van der Waals surface area contributed by atoms with Gasteiger partial charge in [-0.3, -0.25) is 14.5 Å². The first-order valence-corrected chi connectivity index (χ1v) is 14.7. The quantitative estimate of drug-likeness (QED) is 0.395. The highest BCUT2D eigenvalue weighted by Gasteiger charge is 2.32. The van der Waals surface area contributed by atoms with Crippen LogP contribution in [0.25, 0.3) is 5.65 Å². The number of hydrogen-bond donors (Lipinski definition) is 2. The molecule has 3 aromatic heterocycles. The summed E-state index contributed by atoms with van der Waals surface area (Å²) >= 11 is 0. The van der Waals surface area contributed by atoms with E-state index in [9.17, 15) is 14.4 Å². The van der Waals surface area contributed by atoms with Gasteiger partial charge in [0.25, 0.3) is 11.5 Å². The molecule has 2 aliphatic rings. The Morgan fingerprint density at radius 3 is 2.53 bits per heavy atom. The summed E-state index contributed by atoms with van der Waals surface area (Å²) < 4.78 is 19.6. The van der Waals surface area contributed by atoms with Crippen molar-refractivity contribution in [2.75, 3.05) is 31.5 Å². The van der Waals surface area contributed by atoms with Gasteiger partial charge in [0, 0.05) is 45.6 Å². The largest absolute Gasteiger partial charge is 0.443 e. The predicted molar refractivity (Wildman–Crippen MR) is 161 cm³/mol. The van der Waals surface area contributed by atoms with Crippen molar-refractivity contribution in [1.82, 2.24) is 24.5 Å². The van der Waals surface area contributed by atoms with E-state index in [-0.39, 0.29) is 52.8 Å². The van der Waals surface area contributed by atoms with E-state index in [2.05, 4.69) is 20.7 Å². The first-order chi connectivity index (χ1) is 20.5. The van der Waals surface area contributed by atoms with Crippen LogP contribution in [0, 0.1) is 0 Å². The van der Waals surface area contributed by atoms with Gasteiger partial charge in [-0.05, 0) is 71.4 Å². The minimum absolute atomic E-state index is 0.0432. The molecule has 0 aromatic carbocycles. The van der Waals surface area contributed by atoms with Gasteiger partial charge in [0.15, 0.2) is 5.65 Å². The zero-order chi connectivity index (χ0) is 30.9. The number of carbonyl (C=O) groups excluding carboxylic acids is 2. The highest BCUT2D eigenvalue weighted by atomic mass is 16.6. The Bertz CT molecular complexity index is 1540. The predicted octanol–water partition coefficient (Wildman–Crippen LogP) is 4.04. The Hall–Kier alpha value is -3.97. The molecule has 2 fully saturated rings. The zero-order valence-corrected chi connectivity index (χ0v) is 25.6. The summed E-state index contributed by atoms with van der Waals surface area (Å²) in [5.41, 5.74) is -0.156. The second-order valence-electron chi connectivity index (χ2n) is 12.3. The van der Waals surface area contributed by atoms with Crippen LogP contribution in [0.1, 0.15) is 75.7 Å². The van der Waals surface area contributed by atoms with Gasteiger partial charge >= 0.3 is 6.09 Å². The highest BCUT2D eigenvalue weighted by molar-refractivity contribution is 6.00. The minimum Gasteiger partial charge on any atom is -0.443 e. The summed E-state index contributed by atoms with van der Waals surface area (Å²) in [4.78, 5) is 45.9. The van der Waals surface area contributed by atoms with Crippen LogP contribution < -0.4 is 21.1 Å². The lowest BCUT2D eigenvalue weighted by molar-refractivity contribution is 0.00522. The maximum atomic E-state index is 13.5. The molecule has 3 heterocycles. The Kier molecular flexibility index (Phi) is 8.74. The average molecular weight is 596 g/mol. The van der Waals surface area contributed by atoms with Crippen molar-refractivity contribution in [3.05, 3.63) is 46.5 Å². The van der Waals surface area contributed by atoms with Crippen LogP contribution in [0.3, 0.4) is 0 Å². The SMILES string of the molecule is CO[C@@H]1CCCC(NC(=O)c2cnn3c(N(C)C(=O)OC(C)(C)C)cc(Nc4cccn([C@H]5C[C@@H](OC)C5)c4=O)nc23)C1. The van der Waals surface area contributed by atoms with Crippen LogP contribution in [-0.2, 0) is 14.2 Å². The molecule has 0 aliphatic heterocycles. The lowest BCUT2D eigenvalue weighted by Crippen LogP contribution is -2.40. The number of ether oxygens (including phenoxy) is 3. The van der Waals surface area contributed by atoms with E-state index in [1.165, 1.54) is 15.6 Å². The van der Waals surface area contributed by atoms with Gasteiger partial charge in [0.05, 0.1) is 18.4 Å². The number of pyridine rings is 1. The highest BCUT2D eigenvalue weighted by Crippen LogP contribution is 2.33. The zero-order valence-electron chi connectivity index (χ0n) is 25.6. The van der Waals surface area contributed by atoms with Crippen LogP contribution in [0.2, 0.25) is 0 Å². The number of hydrogen-bond acceptors (Lipinski definition) is 9. The van der Waals surface area contributed by atoms with E-state index >= 15 is 0 Å². The molecule has 2 aliphatic carbocycles. The smallest absolute Gasteiger partial charge is 0.415 e. The molecule has 0 bridgehead atoms. The molecule has 13 heteroatoms. The molecule has 0 saturated heterocycles. The van der Waals surface area contributed by atoms with Crippen molar-refractivity contribution >= 4 is 35.0 Å². The second-order valence-corrected chi connectivity index (χ2v) is 12.3. The van der Waals surface area contributed by atoms with Crippen molar-refractivity contribution < 1.29 is 23.8 Å². The summed E-state index contributed by atoms with van der Waals surface area (Å²) in [5.74, 6) is 0.242. The van der Waals surface area contributed by atoms with E-state index in [0.717, 1.165) is 38.5 Å². The number of amides is 2. The number of rotatable bonds is 8. The molecule has 232 valence electrons. The van der Waals surface area contributed by atoms with Gasteiger partial charge < -0.3 is 29.4 Å². The Morgan fingerprint density at radius 2 is 1.84 bits per heavy atom. The molecule has 43 heavy (non-hydrogen) atoms. The first kappa shape index (κ1) is 30.5. The van der Waals surface area contributed by atoms with E-state index in [1.807, 2.05) is 0 Å². The van der Waals surface area contributed by atoms with Crippen molar-refractivity contribution in [2.24, 2.45) is 0 Å². The Labute approximate surface area is 250 Å². The molecular weight excluding hydrogens is 554 g/mol. The van der Waals surface area contributed by atoms with E-state index < -0.39 is 11.7 Å². The molecule has 0 spiro atoms. The maximum Gasteiger partial charge on any atom is 0.415 e. The Balaban J connectivity index is 1.50. The molecule has 2 amide bonds. The van der Waals surface area contributed by atoms with Gasteiger partial charge in [-0.2, -0.15) is 9.61 Å². The number of aromatic nitrogens is 4. The third kappa shape index (κ3) is 6.67. The standard InChI is InChI=1S/C30H41N7O6/c1-30(2,3)43-29(40)35(4)25-16-24(33-23-11-8-12-36(28(23)39)19-14-21(15-19)42-6)34-26-22(17-31-37(25)26)27(38)32-18-9-7-10-20(13-18)41-5/h8,11-12,16-21H,7,9-10,13-15H2,1-6H3,(H,32,38)(H,33,34)/t18?,19-,20-,21+/m1/s1.